The summed E-state index contributed by atoms with van der Waals surface area (Å²) in [5, 5.41) is 9.59. The molecule has 24 heavy (non-hydrogen) atoms. The van der Waals surface area contributed by atoms with Gasteiger partial charge in [0.25, 0.3) is 0 Å². The van der Waals surface area contributed by atoms with Crippen LogP contribution >= 0.6 is 11.8 Å². The normalized spacial score (nSPS) is 17.8. The lowest BCUT2D eigenvalue weighted by Gasteiger charge is -2.22. The summed E-state index contributed by atoms with van der Waals surface area (Å²) in [4.78, 5) is 0. The van der Waals surface area contributed by atoms with Gasteiger partial charge in [-0.05, 0) is 50.1 Å². The van der Waals surface area contributed by atoms with Crippen molar-refractivity contribution in [2.24, 2.45) is 5.73 Å². The van der Waals surface area contributed by atoms with Crippen LogP contribution in [0.5, 0.6) is 5.75 Å². The molecular formula is C17H24N4O2S. The summed E-state index contributed by atoms with van der Waals surface area (Å²) < 4.78 is 13.1. The van der Waals surface area contributed by atoms with Gasteiger partial charge in [-0.25, -0.2) is 0 Å². The van der Waals surface area contributed by atoms with Crippen molar-refractivity contribution in [1.29, 1.82) is 0 Å². The smallest absolute Gasteiger partial charge is 0.195 e. The molecule has 2 N–H and O–H groups in total. The van der Waals surface area contributed by atoms with Gasteiger partial charge in [0.1, 0.15) is 11.6 Å². The van der Waals surface area contributed by atoms with E-state index in [0.717, 1.165) is 41.2 Å². The van der Waals surface area contributed by atoms with Gasteiger partial charge >= 0.3 is 0 Å². The molecule has 1 aliphatic heterocycles. The van der Waals surface area contributed by atoms with Gasteiger partial charge in [-0.2, -0.15) is 0 Å². The maximum absolute atomic E-state index is 5.82. The number of rotatable bonds is 7. The molecule has 1 unspecified atom stereocenters. The third-order valence-corrected chi connectivity index (χ3v) is 5.13. The van der Waals surface area contributed by atoms with Gasteiger partial charge in [-0.1, -0.05) is 11.8 Å². The van der Waals surface area contributed by atoms with Gasteiger partial charge < -0.3 is 15.2 Å². The number of benzene rings is 1. The van der Waals surface area contributed by atoms with Crippen molar-refractivity contribution in [3.05, 3.63) is 30.1 Å². The Morgan fingerprint density at radius 1 is 1.29 bits per heavy atom. The Bertz CT molecular complexity index is 639. The van der Waals surface area contributed by atoms with Crippen LogP contribution in [0.3, 0.4) is 0 Å². The highest BCUT2D eigenvalue weighted by molar-refractivity contribution is 7.99. The summed E-state index contributed by atoms with van der Waals surface area (Å²) in [5.41, 5.74) is 6.75. The Morgan fingerprint density at radius 2 is 2.12 bits per heavy atom. The number of nitrogens with zero attached hydrogens (tertiary/aromatic N) is 3. The Balaban J connectivity index is 1.80. The van der Waals surface area contributed by atoms with E-state index < -0.39 is 0 Å². The molecule has 0 saturated carbocycles. The van der Waals surface area contributed by atoms with Gasteiger partial charge in [-0.15, -0.1) is 10.2 Å². The van der Waals surface area contributed by atoms with Crippen LogP contribution in [0, 0.1) is 0 Å². The molecule has 0 amide bonds. The van der Waals surface area contributed by atoms with Crippen molar-refractivity contribution in [2.75, 3.05) is 26.0 Å². The third-order valence-electron chi connectivity index (χ3n) is 4.07. The predicted molar refractivity (Wildman–Crippen MR) is 95.0 cm³/mol. The van der Waals surface area contributed by atoms with E-state index in [-0.39, 0.29) is 0 Å². The van der Waals surface area contributed by atoms with E-state index in [1.807, 2.05) is 24.3 Å². The van der Waals surface area contributed by atoms with Gasteiger partial charge in [0.15, 0.2) is 5.16 Å². The maximum Gasteiger partial charge on any atom is 0.195 e. The number of hydrogen-bond donors (Lipinski definition) is 1. The Hall–Kier alpha value is -1.57. The first-order chi connectivity index (χ1) is 11.8. The number of ether oxygens (including phenoxy) is 2. The molecule has 1 aromatic heterocycles. The fourth-order valence-electron chi connectivity index (χ4n) is 2.78. The molecule has 130 valence electrons. The van der Waals surface area contributed by atoms with Gasteiger partial charge in [0.2, 0.25) is 0 Å². The van der Waals surface area contributed by atoms with Gasteiger partial charge in [0, 0.05) is 24.5 Å². The van der Waals surface area contributed by atoms with E-state index in [4.69, 9.17) is 15.2 Å². The van der Waals surface area contributed by atoms with E-state index in [0.29, 0.717) is 19.1 Å². The third kappa shape index (κ3) is 4.09. The topological polar surface area (TPSA) is 75.2 Å². The molecule has 1 aliphatic rings. The number of thioether (sulfide) groups is 1. The molecule has 1 atom stereocenters. The van der Waals surface area contributed by atoms with Crippen LogP contribution in [0.1, 0.15) is 25.1 Å². The van der Waals surface area contributed by atoms with Crippen molar-refractivity contribution < 1.29 is 9.47 Å². The summed E-state index contributed by atoms with van der Waals surface area (Å²) in [6.45, 7) is 1.42. The molecule has 3 rings (SSSR count). The Labute approximate surface area is 146 Å². The Kier molecular flexibility index (Phi) is 6.12. The average molecular weight is 348 g/mol. The van der Waals surface area contributed by atoms with Gasteiger partial charge in [-0.3, -0.25) is 4.57 Å². The molecule has 0 radical (unpaired) electrons. The fourth-order valence-corrected chi connectivity index (χ4v) is 3.82. The lowest BCUT2D eigenvalue weighted by atomic mass is 10.1. The minimum Gasteiger partial charge on any atom is -0.497 e. The van der Waals surface area contributed by atoms with Crippen LogP contribution in [-0.2, 0) is 11.2 Å². The molecule has 0 aliphatic carbocycles. The minimum atomic E-state index is 0.308. The quantitative estimate of drug-likeness (QED) is 0.775. The van der Waals surface area contributed by atoms with E-state index in [1.54, 1.807) is 18.9 Å². The van der Waals surface area contributed by atoms with Crippen LogP contribution in [0.4, 0.5) is 0 Å². The first kappa shape index (κ1) is 17.3. The highest BCUT2D eigenvalue weighted by Crippen LogP contribution is 2.26. The molecule has 7 heteroatoms. The lowest BCUT2D eigenvalue weighted by molar-refractivity contribution is 0.0315. The lowest BCUT2D eigenvalue weighted by Crippen LogP contribution is -2.21. The number of hydrogen-bond acceptors (Lipinski definition) is 6. The van der Waals surface area contributed by atoms with Crippen molar-refractivity contribution in [3.63, 3.8) is 0 Å². The van der Waals surface area contributed by atoms with Crippen LogP contribution < -0.4 is 10.5 Å². The predicted octanol–water partition coefficient (Wildman–Crippen LogP) is 2.44. The number of methoxy groups -OCH3 is 1. The summed E-state index contributed by atoms with van der Waals surface area (Å²) in [7, 11) is 1.67. The molecular weight excluding hydrogens is 324 g/mol. The zero-order valence-electron chi connectivity index (χ0n) is 14.0. The average Bonchev–Trinajstić information content (AvgIpc) is 3.04. The molecule has 6 nitrogen and oxygen atoms in total. The summed E-state index contributed by atoms with van der Waals surface area (Å²) in [5.74, 6) is 2.61. The largest absolute Gasteiger partial charge is 0.497 e. The van der Waals surface area contributed by atoms with Crippen LogP contribution in [0.15, 0.2) is 29.4 Å². The molecule has 1 fully saturated rings. The summed E-state index contributed by atoms with van der Waals surface area (Å²) in [6, 6.07) is 7.92. The first-order valence-corrected chi connectivity index (χ1v) is 9.33. The first-order valence-electron chi connectivity index (χ1n) is 8.35. The maximum atomic E-state index is 5.82. The highest BCUT2D eigenvalue weighted by Gasteiger charge is 2.18. The highest BCUT2D eigenvalue weighted by atomic mass is 32.2. The standard InChI is InChI=1S/C17H24N4O2S/c1-22-14-7-5-13(6-8-14)21-16(9-10-18)19-20-17(21)24-12-15-4-2-3-11-23-15/h5-8,15H,2-4,9-12,18H2,1H3. The van der Waals surface area contributed by atoms with Crippen molar-refractivity contribution in [3.8, 4) is 11.4 Å². The van der Waals surface area contributed by atoms with Crippen LogP contribution in [0.25, 0.3) is 5.69 Å². The van der Waals surface area contributed by atoms with Crippen molar-refractivity contribution in [2.45, 2.75) is 36.9 Å². The van der Waals surface area contributed by atoms with Crippen molar-refractivity contribution >= 4 is 11.8 Å². The second-order valence-corrected chi connectivity index (χ2v) is 6.76. The molecule has 0 spiro atoms. The zero-order chi connectivity index (χ0) is 16.8. The Morgan fingerprint density at radius 3 is 2.79 bits per heavy atom. The molecule has 1 saturated heterocycles. The fraction of sp³-hybridized carbons (Fsp3) is 0.529. The molecule has 2 aromatic rings. The molecule has 0 bridgehead atoms. The molecule has 2 heterocycles. The number of aromatic nitrogens is 3. The number of nitrogens with two attached hydrogens (primary N) is 1. The SMILES string of the molecule is COc1ccc(-n2c(CCN)nnc2SCC2CCCCO2)cc1. The monoisotopic (exact) mass is 348 g/mol. The van der Waals surface area contributed by atoms with Gasteiger partial charge in [0.05, 0.1) is 13.2 Å². The van der Waals surface area contributed by atoms with Crippen LogP contribution in [0.2, 0.25) is 0 Å². The minimum absolute atomic E-state index is 0.308. The summed E-state index contributed by atoms with van der Waals surface area (Å²) in [6.07, 6.45) is 4.54. The summed E-state index contributed by atoms with van der Waals surface area (Å²) >= 11 is 1.70. The van der Waals surface area contributed by atoms with E-state index in [1.165, 1.54) is 12.8 Å². The van der Waals surface area contributed by atoms with Crippen LogP contribution in [-0.4, -0.2) is 46.9 Å². The second-order valence-electron chi connectivity index (χ2n) is 5.77. The van der Waals surface area contributed by atoms with E-state index in [9.17, 15) is 0 Å². The second kappa shape index (κ2) is 8.50. The van der Waals surface area contributed by atoms with Crippen molar-refractivity contribution in [1.82, 2.24) is 14.8 Å². The molecule has 1 aromatic carbocycles. The van der Waals surface area contributed by atoms with E-state index >= 15 is 0 Å². The van der Waals surface area contributed by atoms with E-state index in [2.05, 4.69) is 14.8 Å². The zero-order valence-corrected chi connectivity index (χ0v) is 14.8.